The van der Waals surface area contributed by atoms with Crippen LogP contribution >= 0.6 is 11.6 Å². The van der Waals surface area contributed by atoms with E-state index in [4.69, 9.17) is 21.6 Å². The summed E-state index contributed by atoms with van der Waals surface area (Å²) in [5.74, 6) is 0.706. The third kappa shape index (κ3) is 4.97. The quantitative estimate of drug-likeness (QED) is 0.369. The van der Waals surface area contributed by atoms with Crippen molar-refractivity contribution in [1.29, 1.82) is 5.26 Å². The molecule has 152 valence electrons. The summed E-state index contributed by atoms with van der Waals surface area (Å²) in [5, 5.41) is 14.0. The van der Waals surface area contributed by atoms with Crippen LogP contribution in [0, 0.1) is 17.1 Å². The zero-order valence-corrected chi connectivity index (χ0v) is 17.0. The van der Waals surface area contributed by atoms with Gasteiger partial charge in [-0.2, -0.15) is 15.0 Å². The molecular formula is C24H16ClFN4O. The normalized spacial score (nSPS) is 10.9. The van der Waals surface area contributed by atoms with E-state index in [-0.39, 0.29) is 12.4 Å². The van der Waals surface area contributed by atoms with Crippen LogP contribution in [0.25, 0.3) is 18.0 Å². The smallest absolute Gasteiger partial charge is 0.218 e. The fourth-order valence-electron chi connectivity index (χ4n) is 2.94. The summed E-state index contributed by atoms with van der Waals surface area (Å²) in [6.07, 6.45) is 6.95. The lowest BCUT2D eigenvalue weighted by molar-refractivity contribution is 0.284. The summed E-state index contributed by atoms with van der Waals surface area (Å²) in [7, 11) is 0. The lowest BCUT2D eigenvalue weighted by Gasteiger charge is -2.11. The molecule has 0 aliphatic rings. The highest BCUT2D eigenvalue weighted by atomic mass is 35.5. The molecule has 0 saturated heterocycles. The first-order valence-corrected chi connectivity index (χ1v) is 9.75. The predicted molar refractivity (Wildman–Crippen MR) is 117 cm³/mol. The first-order chi connectivity index (χ1) is 15.1. The predicted octanol–water partition coefficient (Wildman–Crippen LogP) is 5.68. The fraction of sp³-hybridized carbons (Fsp3) is 0.0417. The minimum Gasteiger partial charge on any atom is -0.473 e. The Morgan fingerprint density at radius 3 is 2.68 bits per heavy atom. The molecule has 2 aromatic carbocycles. The largest absolute Gasteiger partial charge is 0.473 e. The molecule has 7 heteroatoms. The van der Waals surface area contributed by atoms with Crippen molar-refractivity contribution in [3.63, 3.8) is 0 Å². The van der Waals surface area contributed by atoms with Gasteiger partial charge in [0.05, 0.1) is 17.8 Å². The number of aromatic nitrogens is 3. The summed E-state index contributed by atoms with van der Waals surface area (Å²) >= 11 is 6.18. The molecule has 2 aromatic heterocycles. The lowest BCUT2D eigenvalue weighted by Crippen LogP contribution is -2.05. The summed E-state index contributed by atoms with van der Waals surface area (Å²) in [5.41, 5.74) is 3.15. The molecule has 0 spiro atoms. The molecular weight excluding hydrogens is 415 g/mol. The van der Waals surface area contributed by atoms with Crippen molar-refractivity contribution in [2.45, 2.75) is 6.61 Å². The molecule has 31 heavy (non-hydrogen) atoms. The van der Waals surface area contributed by atoms with Crippen molar-refractivity contribution in [2.75, 3.05) is 0 Å². The zero-order valence-electron chi connectivity index (χ0n) is 16.2. The molecule has 0 atom stereocenters. The van der Waals surface area contributed by atoms with Gasteiger partial charge in [-0.1, -0.05) is 42.0 Å². The highest BCUT2D eigenvalue weighted by Crippen LogP contribution is 2.22. The van der Waals surface area contributed by atoms with Crippen LogP contribution in [0.15, 0.2) is 73.1 Å². The second-order valence-electron chi connectivity index (χ2n) is 6.61. The number of pyridine rings is 1. The van der Waals surface area contributed by atoms with E-state index in [0.29, 0.717) is 22.3 Å². The summed E-state index contributed by atoms with van der Waals surface area (Å²) in [4.78, 5) is 4.26. The van der Waals surface area contributed by atoms with Gasteiger partial charge in [-0.15, -0.1) is 0 Å². The van der Waals surface area contributed by atoms with E-state index >= 15 is 0 Å². The van der Waals surface area contributed by atoms with Crippen molar-refractivity contribution < 1.29 is 9.13 Å². The van der Waals surface area contributed by atoms with Crippen LogP contribution in [0.4, 0.5) is 4.39 Å². The van der Waals surface area contributed by atoms with Gasteiger partial charge in [0.25, 0.3) is 0 Å². The van der Waals surface area contributed by atoms with Gasteiger partial charge in [0.15, 0.2) is 5.82 Å². The summed E-state index contributed by atoms with van der Waals surface area (Å²) in [6, 6.07) is 18.8. The van der Waals surface area contributed by atoms with E-state index < -0.39 is 0 Å². The van der Waals surface area contributed by atoms with Crippen LogP contribution < -0.4 is 4.74 Å². The number of hydrogen-bond acceptors (Lipinski definition) is 4. The first-order valence-electron chi connectivity index (χ1n) is 9.38. The monoisotopic (exact) mass is 430 g/mol. The van der Waals surface area contributed by atoms with Gasteiger partial charge in [-0.3, -0.25) is 0 Å². The molecule has 4 aromatic rings. The Bertz CT molecular complexity index is 1280. The van der Waals surface area contributed by atoms with Crippen LogP contribution in [0.2, 0.25) is 5.02 Å². The Morgan fingerprint density at radius 1 is 1.03 bits per heavy atom. The molecule has 5 nitrogen and oxygen atoms in total. The highest BCUT2D eigenvalue weighted by molar-refractivity contribution is 6.30. The molecule has 0 bridgehead atoms. The Morgan fingerprint density at radius 2 is 1.87 bits per heavy atom. The maximum atomic E-state index is 13.1. The van der Waals surface area contributed by atoms with Crippen molar-refractivity contribution in [3.05, 3.63) is 106 Å². The average molecular weight is 431 g/mol. The Kier molecular flexibility index (Phi) is 6.06. The van der Waals surface area contributed by atoms with Gasteiger partial charge in [0, 0.05) is 23.4 Å². The van der Waals surface area contributed by atoms with Gasteiger partial charge in [-0.25, -0.2) is 9.37 Å². The molecule has 2 heterocycles. The van der Waals surface area contributed by atoms with Crippen LogP contribution in [-0.4, -0.2) is 14.8 Å². The molecule has 0 aliphatic carbocycles. The zero-order chi connectivity index (χ0) is 21.6. The summed E-state index contributed by atoms with van der Waals surface area (Å²) < 4.78 is 20.6. The number of benzene rings is 2. The maximum absolute atomic E-state index is 13.1. The van der Waals surface area contributed by atoms with Gasteiger partial charge in [0.2, 0.25) is 5.88 Å². The SMILES string of the molecule is N#Cc1ccnc(-n2nccc2OCc2ccc(Cl)cc2C=Cc2ccc(F)cc2)c1. The third-order valence-electron chi connectivity index (χ3n) is 4.51. The van der Waals surface area contributed by atoms with Crippen LogP contribution in [0.5, 0.6) is 5.88 Å². The van der Waals surface area contributed by atoms with Crippen LogP contribution in [0.3, 0.4) is 0 Å². The van der Waals surface area contributed by atoms with Gasteiger partial charge >= 0.3 is 0 Å². The van der Waals surface area contributed by atoms with E-state index in [2.05, 4.69) is 16.2 Å². The van der Waals surface area contributed by atoms with E-state index in [1.165, 1.54) is 16.8 Å². The molecule has 0 N–H and O–H groups in total. The van der Waals surface area contributed by atoms with Gasteiger partial charge < -0.3 is 4.74 Å². The molecule has 0 fully saturated rings. The van der Waals surface area contributed by atoms with E-state index in [1.807, 2.05) is 24.3 Å². The number of nitrogens with zero attached hydrogens (tertiary/aromatic N) is 4. The second kappa shape index (κ2) is 9.24. The van der Waals surface area contributed by atoms with Gasteiger partial charge in [0.1, 0.15) is 12.4 Å². The highest BCUT2D eigenvalue weighted by Gasteiger charge is 2.10. The molecule has 0 unspecified atom stereocenters. The number of rotatable bonds is 6. The van der Waals surface area contributed by atoms with E-state index in [0.717, 1.165) is 16.7 Å². The average Bonchev–Trinajstić information content (AvgIpc) is 3.27. The molecule has 0 aliphatic heterocycles. The molecule has 0 radical (unpaired) electrons. The first kappa shape index (κ1) is 20.3. The summed E-state index contributed by atoms with van der Waals surface area (Å²) in [6.45, 7) is 0.268. The van der Waals surface area contributed by atoms with Crippen molar-refractivity contribution in [3.8, 4) is 17.8 Å². The fourth-order valence-corrected chi connectivity index (χ4v) is 3.12. The van der Waals surface area contributed by atoms with E-state index in [9.17, 15) is 4.39 Å². The minimum absolute atomic E-state index is 0.268. The Balaban J connectivity index is 1.55. The molecule has 0 saturated carbocycles. The topological polar surface area (TPSA) is 63.7 Å². The standard InChI is InChI=1S/C24H16ClFN4O/c25-21-6-5-20(19(14-21)4-1-17-2-7-22(26)8-3-17)16-31-24-10-12-29-30(24)23-13-18(15-27)9-11-28-23/h1-14H,16H2. The second-order valence-corrected chi connectivity index (χ2v) is 7.05. The minimum atomic E-state index is -0.277. The van der Waals surface area contributed by atoms with Crippen LogP contribution in [0.1, 0.15) is 22.3 Å². The Hall–Kier alpha value is -3.95. The number of nitriles is 1. The van der Waals surface area contributed by atoms with E-state index in [1.54, 1.807) is 48.8 Å². The maximum Gasteiger partial charge on any atom is 0.218 e. The third-order valence-corrected chi connectivity index (χ3v) is 4.74. The number of halogens is 2. The van der Waals surface area contributed by atoms with Crippen molar-refractivity contribution in [1.82, 2.24) is 14.8 Å². The van der Waals surface area contributed by atoms with Gasteiger partial charge in [-0.05, 0) is 47.0 Å². The Labute approximate surface area is 183 Å². The number of ether oxygens (including phenoxy) is 1. The van der Waals surface area contributed by atoms with Crippen LogP contribution in [-0.2, 0) is 6.61 Å². The molecule has 4 rings (SSSR count). The lowest BCUT2D eigenvalue weighted by atomic mass is 10.1. The number of hydrogen-bond donors (Lipinski definition) is 0. The molecule has 0 amide bonds. The van der Waals surface area contributed by atoms with Crippen molar-refractivity contribution >= 4 is 23.8 Å². The van der Waals surface area contributed by atoms with Crippen molar-refractivity contribution in [2.24, 2.45) is 0 Å².